The Bertz CT molecular complexity index is 1170. The summed E-state index contributed by atoms with van der Waals surface area (Å²) in [5.41, 5.74) is 0.437. The van der Waals surface area contributed by atoms with Gasteiger partial charge in [-0.3, -0.25) is 10.1 Å². The van der Waals surface area contributed by atoms with Crippen LogP contribution in [-0.2, 0) is 31.2 Å². The van der Waals surface area contributed by atoms with Crippen LogP contribution in [-0.4, -0.2) is 47.0 Å². The van der Waals surface area contributed by atoms with E-state index in [-0.39, 0.29) is 24.8 Å². The average Bonchev–Trinajstić information content (AvgIpc) is 3.12. The van der Waals surface area contributed by atoms with Gasteiger partial charge in [0.1, 0.15) is 18.0 Å². The Morgan fingerprint density at radius 2 is 1.91 bits per heavy atom. The number of ether oxygens (including phenoxy) is 2. The number of hydrogen-bond acceptors (Lipinski definition) is 7. The van der Waals surface area contributed by atoms with E-state index in [9.17, 15) is 14.4 Å². The van der Waals surface area contributed by atoms with E-state index in [4.69, 9.17) is 9.47 Å². The summed E-state index contributed by atoms with van der Waals surface area (Å²) in [6.45, 7) is 5.93. The van der Waals surface area contributed by atoms with Crippen molar-refractivity contribution in [2.75, 3.05) is 18.9 Å². The maximum Gasteiger partial charge on any atom is 0.413 e. The molecule has 2 N–H and O–H groups in total. The highest BCUT2D eigenvalue weighted by atomic mass is 16.6. The van der Waals surface area contributed by atoms with Crippen molar-refractivity contribution in [2.45, 2.75) is 51.4 Å². The molecule has 1 atom stereocenters. The van der Waals surface area contributed by atoms with Crippen molar-refractivity contribution in [3.05, 3.63) is 71.1 Å². The van der Waals surface area contributed by atoms with Crippen molar-refractivity contribution in [3.63, 3.8) is 0 Å². The Kier molecular flexibility index (Phi) is 6.51. The van der Waals surface area contributed by atoms with Gasteiger partial charge in [0.15, 0.2) is 5.54 Å². The minimum absolute atomic E-state index is 0.0853. The molecule has 1 aromatic heterocycles. The molecular weight excluding hydrogens is 448 g/mol. The third kappa shape index (κ3) is 4.84. The van der Waals surface area contributed by atoms with Gasteiger partial charge in [0.05, 0.1) is 0 Å². The number of aromatic nitrogens is 1. The molecule has 4 rings (SSSR count). The molecule has 0 saturated carbocycles. The molecule has 2 aliphatic rings. The van der Waals surface area contributed by atoms with E-state index in [1.807, 2.05) is 30.3 Å². The lowest BCUT2D eigenvalue weighted by atomic mass is 9.85. The zero-order valence-corrected chi connectivity index (χ0v) is 20.4. The minimum Gasteiger partial charge on any atom is -0.458 e. The van der Waals surface area contributed by atoms with Gasteiger partial charge in [-0.15, -0.1) is 0 Å². The first kappa shape index (κ1) is 24.3. The van der Waals surface area contributed by atoms with E-state index >= 15 is 0 Å². The molecule has 9 nitrogen and oxygen atoms in total. The minimum atomic E-state index is -1.38. The number of carbonyl (C=O) groups excluding carboxylic acids is 3. The normalized spacial score (nSPS) is 19.7. The van der Waals surface area contributed by atoms with Gasteiger partial charge in [0.2, 0.25) is 5.91 Å². The smallest absolute Gasteiger partial charge is 0.413 e. The molecule has 1 unspecified atom stereocenters. The van der Waals surface area contributed by atoms with Crippen LogP contribution in [0.5, 0.6) is 0 Å². The van der Waals surface area contributed by atoms with E-state index in [0.717, 1.165) is 11.3 Å². The van der Waals surface area contributed by atoms with Gasteiger partial charge in [-0.25, -0.2) is 14.6 Å². The molecule has 35 heavy (non-hydrogen) atoms. The third-order valence-electron chi connectivity index (χ3n) is 6.10. The molecule has 0 bridgehead atoms. The number of carbonyl (C=O) groups is 3. The van der Waals surface area contributed by atoms with E-state index in [1.165, 1.54) is 6.20 Å². The molecule has 9 heteroatoms. The molecule has 2 amide bonds. The quantitative estimate of drug-likeness (QED) is 0.633. The van der Waals surface area contributed by atoms with Gasteiger partial charge < -0.3 is 19.7 Å². The molecule has 0 spiro atoms. The summed E-state index contributed by atoms with van der Waals surface area (Å²) in [5, 5.41) is 5.54. The molecule has 0 saturated heterocycles. The summed E-state index contributed by atoms with van der Waals surface area (Å²) in [7, 11) is 1.77. The predicted molar refractivity (Wildman–Crippen MR) is 129 cm³/mol. The Labute approximate surface area is 204 Å². The first-order valence-corrected chi connectivity index (χ1v) is 11.5. The largest absolute Gasteiger partial charge is 0.458 e. The highest BCUT2D eigenvalue weighted by molar-refractivity contribution is 5.99. The molecule has 0 radical (unpaired) electrons. The molecule has 2 aromatic rings. The average molecular weight is 479 g/mol. The second kappa shape index (κ2) is 9.40. The number of likely N-dealkylation sites (N-methyl/N-ethyl adjacent to an activating group) is 1. The first-order chi connectivity index (χ1) is 16.6. The highest BCUT2D eigenvalue weighted by Gasteiger charge is 2.55. The molecule has 1 aromatic carbocycles. The second-order valence-electron chi connectivity index (χ2n) is 9.62. The predicted octanol–water partition coefficient (Wildman–Crippen LogP) is 3.48. The molecular formula is C26H30N4O5. The van der Waals surface area contributed by atoms with Crippen molar-refractivity contribution in [3.8, 4) is 0 Å². The zero-order valence-electron chi connectivity index (χ0n) is 20.4. The van der Waals surface area contributed by atoms with Crippen LogP contribution < -0.4 is 10.6 Å². The fraction of sp³-hybridized carbons (Fsp3) is 0.385. The number of pyridine rings is 1. The van der Waals surface area contributed by atoms with Gasteiger partial charge in [0, 0.05) is 49.5 Å². The van der Waals surface area contributed by atoms with E-state index in [1.54, 1.807) is 44.9 Å². The number of nitrogens with one attached hydrogen (secondary N) is 2. The fourth-order valence-electron chi connectivity index (χ4n) is 4.49. The number of esters is 1. The summed E-state index contributed by atoms with van der Waals surface area (Å²) in [5.74, 6) is -0.559. The Hall–Kier alpha value is -3.88. The summed E-state index contributed by atoms with van der Waals surface area (Å²) in [6.07, 6.45) is 1.50. The topological polar surface area (TPSA) is 110 Å². The lowest BCUT2D eigenvalue weighted by Gasteiger charge is -2.39. The van der Waals surface area contributed by atoms with Crippen LogP contribution in [0.1, 0.15) is 44.7 Å². The molecule has 0 fully saturated rings. The lowest BCUT2D eigenvalue weighted by molar-refractivity contribution is -0.168. The van der Waals surface area contributed by atoms with Gasteiger partial charge in [-0.05, 0) is 32.4 Å². The van der Waals surface area contributed by atoms with Crippen molar-refractivity contribution in [2.24, 2.45) is 0 Å². The van der Waals surface area contributed by atoms with Gasteiger partial charge in [-0.2, -0.15) is 0 Å². The summed E-state index contributed by atoms with van der Waals surface area (Å²) < 4.78 is 11.2. The molecule has 3 heterocycles. The van der Waals surface area contributed by atoms with Crippen molar-refractivity contribution in [1.29, 1.82) is 0 Å². The van der Waals surface area contributed by atoms with Crippen LogP contribution in [0.2, 0.25) is 0 Å². The fourth-order valence-corrected chi connectivity index (χ4v) is 4.49. The number of amides is 2. The highest BCUT2D eigenvalue weighted by Crippen LogP contribution is 2.48. The van der Waals surface area contributed by atoms with E-state index < -0.39 is 23.2 Å². The summed E-state index contributed by atoms with van der Waals surface area (Å²) >= 11 is 0. The third-order valence-corrected chi connectivity index (χ3v) is 6.10. The molecule has 2 aliphatic heterocycles. The number of rotatable bonds is 5. The van der Waals surface area contributed by atoms with Crippen LogP contribution >= 0.6 is 0 Å². The van der Waals surface area contributed by atoms with Crippen molar-refractivity contribution in [1.82, 2.24) is 15.2 Å². The second-order valence-corrected chi connectivity index (χ2v) is 9.62. The SMILES string of the molecule is CN1C2=C(CC1(C(=O)OC(C)(C)C)c1cccnc1NC(=O)OCc1ccccc1)C(=O)NCC2. The monoisotopic (exact) mass is 478 g/mol. The van der Waals surface area contributed by atoms with E-state index in [2.05, 4.69) is 15.6 Å². The Balaban J connectivity index is 1.68. The van der Waals surface area contributed by atoms with Gasteiger partial charge in [0.25, 0.3) is 0 Å². The van der Waals surface area contributed by atoms with Crippen LogP contribution in [0.4, 0.5) is 10.6 Å². The maximum atomic E-state index is 13.8. The van der Waals surface area contributed by atoms with Crippen LogP contribution in [0.3, 0.4) is 0 Å². The van der Waals surface area contributed by atoms with Gasteiger partial charge in [-0.1, -0.05) is 36.4 Å². The summed E-state index contributed by atoms with van der Waals surface area (Å²) in [6, 6.07) is 12.7. The Morgan fingerprint density at radius 3 is 2.60 bits per heavy atom. The number of benzene rings is 1. The van der Waals surface area contributed by atoms with E-state index in [0.29, 0.717) is 24.1 Å². The first-order valence-electron chi connectivity index (χ1n) is 11.5. The molecule has 184 valence electrons. The van der Waals surface area contributed by atoms with Crippen LogP contribution in [0, 0.1) is 0 Å². The van der Waals surface area contributed by atoms with Gasteiger partial charge >= 0.3 is 12.1 Å². The van der Waals surface area contributed by atoms with Crippen molar-refractivity contribution >= 4 is 23.8 Å². The number of anilines is 1. The molecule has 0 aliphatic carbocycles. The standard InChI is InChI=1S/C26H30N4O5/c1-25(2,3)35-23(32)26(15-18-20(30(26)4)12-14-28-22(18)31)19-11-8-13-27-21(19)29-24(33)34-16-17-9-6-5-7-10-17/h5-11,13H,12,14-16H2,1-4H3,(H,28,31)(H,27,29,33). The number of nitrogens with zero attached hydrogens (tertiary/aromatic N) is 2. The van der Waals surface area contributed by atoms with Crippen LogP contribution in [0.15, 0.2) is 59.9 Å². The lowest BCUT2D eigenvalue weighted by Crippen LogP contribution is -2.50. The summed E-state index contributed by atoms with van der Waals surface area (Å²) in [4.78, 5) is 45.3. The zero-order chi connectivity index (χ0) is 25.2. The maximum absolute atomic E-state index is 13.8. The van der Waals surface area contributed by atoms with Crippen molar-refractivity contribution < 1.29 is 23.9 Å². The number of hydrogen-bond donors (Lipinski definition) is 2. The Morgan fingerprint density at radius 1 is 1.17 bits per heavy atom. The van der Waals surface area contributed by atoms with Crippen LogP contribution in [0.25, 0.3) is 0 Å².